The lowest BCUT2D eigenvalue weighted by Crippen LogP contribution is -2.07. The molecule has 2 rings (SSSR count). The van der Waals surface area contributed by atoms with E-state index in [1.807, 2.05) is 0 Å². The molecule has 0 fully saturated rings. The second-order valence-electron chi connectivity index (χ2n) is 3.09. The Balaban J connectivity index is 2.51. The van der Waals surface area contributed by atoms with Gasteiger partial charge in [-0.15, -0.1) is 0 Å². The van der Waals surface area contributed by atoms with Crippen LogP contribution in [0.1, 0.15) is 10.5 Å². The lowest BCUT2D eigenvalue weighted by molar-refractivity contribution is 0.0593. The molecule has 7 heteroatoms. The third-order valence-electron chi connectivity index (χ3n) is 2.10. The van der Waals surface area contributed by atoms with Gasteiger partial charge >= 0.3 is 5.97 Å². The van der Waals surface area contributed by atoms with Crippen LogP contribution < -0.4 is 4.74 Å². The summed E-state index contributed by atoms with van der Waals surface area (Å²) in [4.78, 5) is 19.5. The highest BCUT2D eigenvalue weighted by atomic mass is 16.5. The monoisotopic (exact) mass is 234 g/mol. The number of methoxy groups -OCH3 is 2. The summed E-state index contributed by atoms with van der Waals surface area (Å²) in [5.41, 5.74) is 1.23. The lowest BCUT2D eigenvalue weighted by Gasteiger charge is -2.05. The minimum absolute atomic E-state index is 0.115. The van der Waals surface area contributed by atoms with Gasteiger partial charge in [0.05, 0.1) is 26.6 Å². The van der Waals surface area contributed by atoms with Gasteiger partial charge in [0.25, 0.3) is 0 Å². The van der Waals surface area contributed by atoms with E-state index in [4.69, 9.17) is 4.74 Å². The van der Waals surface area contributed by atoms with Crippen LogP contribution in [0.15, 0.2) is 18.6 Å². The zero-order valence-corrected chi connectivity index (χ0v) is 9.30. The molecule has 2 aromatic heterocycles. The van der Waals surface area contributed by atoms with Gasteiger partial charge in [0.2, 0.25) is 5.88 Å². The molecule has 2 aromatic rings. The first kappa shape index (κ1) is 11.1. The summed E-state index contributed by atoms with van der Waals surface area (Å²) in [6.07, 6.45) is 4.50. The van der Waals surface area contributed by atoms with Gasteiger partial charge in [-0.25, -0.2) is 14.8 Å². The van der Waals surface area contributed by atoms with Gasteiger partial charge < -0.3 is 9.47 Å². The molecule has 0 aromatic carbocycles. The van der Waals surface area contributed by atoms with E-state index < -0.39 is 5.97 Å². The Bertz CT molecular complexity index is 524. The van der Waals surface area contributed by atoms with Crippen LogP contribution >= 0.6 is 0 Å². The van der Waals surface area contributed by atoms with Gasteiger partial charge in [-0.2, -0.15) is 5.10 Å². The molecule has 0 unspecified atom stereocenters. The maximum Gasteiger partial charge on any atom is 0.358 e. The number of rotatable bonds is 3. The normalized spacial score (nSPS) is 10.0. The summed E-state index contributed by atoms with van der Waals surface area (Å²) >= 11 is 0. The molecular weight excluding hydrogens is 224 g/mol. The summed E-state index contributed by atoms with van der Waals surface area (Å²) in [5, 5.41) is 6.46. The lowest BCUT2D eigenvalue weighted by atomic mass is 10.2. The van der Waals surface area contributed by atoms with Crippen molar-refractivity contribution in [2.24, 2.45) is 0 Å². The van der Waals surface area contributed by atoms with Gasteiger partial charge in [-0.3, -0.25) is 5.10 Å². The maximum absolute atomic E-state index is 11.3. The van der Waals surface area contributed by atoms with Crippen molar-refractivity contribution in [1.82, 2.24) is 20.2 Å². The molecule has 7 nitrogen and oxygen atoms in total. The number of aromatic amines is 1. The van der Waals surface area contributed by atoms with E-state index in [9.17, 15) is 4.79 Å². The van der Waals surface area contributed by atoms with Crippen molar-refractivity contribution in [3.63, 3.8) is 0 Å². The number of hydrogen-bond acceptors (Lipinski definition) is 6. The first-order chi connectivity index (χ1) is 8.26. The number of H-pyrrole nitrogens is 1. The molecule has 0 aliphatic carbocycles. The predicted octanol–water partition coefficient (Wildman–Crippen LogP) is 0.662. The Kier molecular flexibility index (Phi) is 2.99. The van der Waals surface area contributed by atoms with Crippen molar-refractivity contribution in [1.29, 1.82) is 0 Å². The number of esters is 1. The van der Waals surface area contributed by atoms with Crippen LogP contribution in [-0.4, -0.2) is 40.4 Å². The molecule has 0 spiro atoms. The third kappa shape index (κ3) is 2.07. The molecule has 0 atom stereocenters. The van der Waals surface area contributed by atoms with Crippen molar-refractivity contribution in [3.05, 3.63) is 24.3 Å². The second-order valence-corrected chi connectivity index (χ2v) is 3.09. The molecule has 0 amide bonds. The molecular formula is C10H10N4O3. The zero-order valence-electron chi connectivity index (χ0n) is 9.30. The molecule has 0 aliphatic heterocycles. The summed E-state index contributed by atoms with van der Waals surface area (Å²) in [6.45, 7) is 0. The van der Waals surface area contributed by atoms with Gasteiger partial charge in [0.1, 0.15) is 5.69 Å². The summed E-state index contributed by atoms with van der Waals surface area (Å²) in [5.74, 6) is -0.232. The molecule has 0 saturated carbocycles. The van der Waals surface area contributed by atoms with Crippen molar-refractivity contribution in [2.75, 3.05) is 14.2 Å². The van der Waals surface area contributed by atoms with E-state index >= 15 is 0 Å². The number of nitrogens with zero attached hydrogens (tertiary/aromatic N) is 3. The maximum atomic E-state index is 11.3. The number of carbonyl (C=O) groups is 1. The molecule has 2 heterocycles. The van der Waals surface area contributed by atoms with E-state index in [2.05, 4.69) is 24.9 Å². The largest absolute Gasteiger partial charge is 0.479 e. The third-order valence-corrected chi connectivity index (χ3v) is 2.10. The Morgan fingerprint density at radius 2 is 2.18 bits per heavy atom. The van der Waals surface area contributed by atoms with Gasteiger partial charge in [-0.05, 0) is 0 Å². The van der Waals surface area contributed by atoms with Crippen molar-refractivity contribution < 1.29 is 14.3 Å². The predicted molar refractivity (Wildman–Crippen MR) is 57.5 cm³/mol. The van der Waals surface area contributed by atoms with Gasteiger partial charge in [0, 0.05) is 11.8 Å². The van der Waals surface area contributed by atoms with Crippen LogP contribution in [0, 0.1) is 0 Å². The highest BCUT2D eigenvalue weighted by molar-refractivity contribution is 5.87. The highest BCUT2D eigenvalue weighted by Crippen LogP contribution is 2.24. The van der Waals surface area contributed by atoms with E-state index in [0.29, 0.717) is 17.1 Å². The molecule has 0 radical (unpaired) electrons. The minimum atomic E-state index is -0.551. The van der Waals surface area contributed by atoms with Crippen LogP contribution in [-0.2, 0) is 4.74 Å². The van der Waals surface area contributed by atoms with E-state index in [-0.39, 0.29) is 5.69 Å². The Labute approximate surface area is 96.8 Å². The average molecular weight is 234 g/mol. The average Bonchev–Trinajstić information content (AvgIpc) is 2.90. The Morgan fingerprint density at radius 1 is 1.35 bits per heavy atom. The summed E-state index contributed by atoms with van der Waals surface area (Å²) < 4.78 is 9.65. The molecule has 88 valence electrons. The first-order valence-corrected chi connectivity index (χ1v) is 4.74. The molecule has 1 N–H and O–H groups in total. The van der Waals surface area contributed by atoms with Crippen LogP contribution in [0.5, 0.6) is 5.88 Å². The van der Waals surface area contributed by atoms with Crippen molar-refractivity contribution in [3.8, 4) is 17.1 Å². The Hall–Kier alpha value is -2.44. The van der Waals surface area contributed by atoms with Crippen molar-refractivity contribution in [2.45, 2.75) is 0 Å². The Morgan fingerprint density at radius 3 is 2.76 bits per heavy atom. The second kappa shape index (κ2) is 4.60. The van der Waals surface area contributed by atoms with Crippen molar-refractivity contribution >= 4 is 5.97 Å². The number of hydrogen-bond donors (Lipinski definition) is 1. The van der Waals surface area contributed by atoms with Gasteiger partial charge in [0.15, 0.2) is 5.69 Å². The number of ether oxygens (including phenoxy) is 2. The fraction of sp³-hybridized carbons (Fsp3) is 0.200. The van der Waals surface area contributed by atoms with Crippen LogP contribution in [0.25, 0.3) is 11.3 Å². The standard InChI is InChI=1S/C10H10N4O3/c1-16-9-8(6-3-12-13-4-6)14-7(5-11-9)10(15)17-2/h3-5H,1-2H3,(H,12,13). The smallest absolute Gasteiger partial charge is 0.358 e. The zero-order chi connectivity index (χ0) is 12.3. The van der Waals surface area contributed by atoms with Gasteiger partial charge in [-0.1, -0.05) is 0 Å². The van der Waals surface area contributed by atoms with E-state index in [0.717, 1.165) is 0 Å². The quantitative estimate of drug-likeness (QED) is 0.784. The molecule has 0 saturated heterocycles. The SMILES string of the molecule is COC(=O)c1cnc(OC)c(-c2cn[nH]c2)n1. The van der Waals surface area contributed by atoms with Crippen LogP contribution in [0.3, 0.4) is 0 Å². The fourth-order valence-corrected chi connectivity index (χ4v) is 1.30. The molecule has 0 bridgehead atoms. The number of nitrogens with one attached hydrogen (secondary N) is 1. The molecule has 17 heavy (non-hydrogen) atoms. The topological polar surface area (TPSA) is 90.0 Å². The summed E-state index contributed by atoms with van der Waals surface area (Å²) in [6, 6.07) is 0. The highest BCUT2D eigenvalue weighted by Gasteiger charge is 2.15. The molecule has 0 aliphatic rings. The van der Waals surface area contributed by atoms with E-state index in [1.165, 1.54) is 20.4 Å². The number of carbonyl (C=O) groups excluding carboxylic acids is 1. The van der Waals surface area contributed by atoms with E-state index in [1.54, 1.807) is 12.4 Å². The summed E-state index contributed by atoms with van der Waals surface area (Å²) in [7, 11) is 2.76. The fourth-order valence-electron chi connectivity index (χ4n) is 1.30. The van der Waals surface area contributed by atoms with Crippen LogP contribution in [0.2, 0.25) is 0 Å². The minimum Gasteiger partial charge on any atom is -0.479 e. The number of aromatic nitrogens is 4. The first-order valence-electron chi connectivity index (χ1n) is 4.74. The van der Waals surface area contributed by atoms with Crippen LogP contribution in [0.4, 0.5) is 0 Å².